The average molecular weight is 283 g/mol. The van der Waals surface area contributed by atoms with E-state index >= 15 is 0 Å². The van der Waals surface area contributed by atoms with Gasteiger partial charge in [-0.15, -0.1) is 5.10 Å². The van der Waals surface area contributed by atoms with Crippen LogP contribution in [0.4, 0.5) is 5.69 Å². The summed E-state index contributed by atoms with van der Waals surface area (Å²) in [5.74, 6) is -1.07. The molecule has 0 unspecified atom stereocenters. The predicted octanol–water partition coefficient (Wildman–Crippen LogP) is 1.22. The van der Waals surface area contributed by atoms with Crippen LogP contribution in [0.2, 0.25) is 0 Å². The number of anilines is 1. The minimum absolute atomic E-state index is 0.0392. The van der Waals surface area contributed by atoms with Gasteiger partial charge in [0.25, 0.3) is 0 Å². The van der Waals surface area contributed by atoms with Crippen molar-refractivity contribution >= 4 is 11.7 Å². The minimum atomic E-state index is -1.07. The summed E-state index contributed by atoms with van der Waals surface area (Å²) in [6, 6.07) is 8.00. The molecule has 2 aromatic rings. The van der Waals surface area contributed by atoms with E-state index in [9.17, 15) is 4.79 Å². The minimum Gasteiger partial charge on any atom is -0.476 e. The molecule has 1 fully saturated rings. The number of aryl methyl sites for hydroxylation is 1. The van der Waals surface area contributed by atoms with E-state index in [0.29, 0.717) is 5.56 Å². The Morgan fingerprint density at radius 3 is 2.81 bits per heavy atom. The van der Waals surface area contributed by atoms with Crippen molar-refractivity contribution in [3.05, 3.63) is 41.2 Å². The van der Waals surface area contributed by atoms with Crippen LogP contribution in [-0.2, 0) is 0 Å². The number of hydrogen-bond donors (Lipinski definition) is 1. The summed E-state index contributed by atoms with van der Waals surface area (Å²) in [4.78, 5) is 12.9. The van der Waals surface area contributed by atoms with Crippen LogP contribution in [-0.4, -0.2) is 39.2 Å². The third-order valence-corrected chi connectivity index (χ3v) is 3.66. The van der Waals surface area contributed by atoms with E-state index in [2.05, 4.69) is 21.3 Å². The molecule has 1 aromatic heterocycles. The van der Waals surface area contributed by atoms with Gasteiger partial charge in [0.15, 0.2) is 5.69 Å². The van der Waals surface area contributed by atoms with E-state index in [4.69, 9.17) is 10.4 Å². The maximum atomic E-state index is 10.8. The molecular formula is C14H13N5O2. The number of carboxylic acid groups (broad SMARTS) is 1. The fourth-order valence-corrected chi connectivity index (χ4v) is 2.36. The van der Waals surface area contributed by atoms with Gasteiger partial charge in [0.1, 0.15) is 0 Å². The molecule has 1 aromatic carbocycles. The molecule has 106 valence electrons. The quantitative estimate of drug-likeness (QED) is 0.910. The predicted molar refractivity (Wildman–Crippen MR) is 74.1 cm³/mol. The van der Waals surface area contributed by atoms with E-state index in [-0.39, 0.29) is 11.7 Å². The molecule has 0 radical (unpaired) electrons. The number of rotatable bonds is 3. The molecule has 2 heterocycles. The Morgan fingerprint density at radius 1 is 1.48 bits per heavy atom. The highest BCUT2D eigenvalue weighted by Crippen LogP contribution is 2.28. The number of nitriles is 1. The largest absolute Gasteiger partial charge is 0.476 e. The van der Waals surface area contributed by atoms with Crippen LogP contribution in [0.5, 0.6) is 0 Å². The SMILES string of the molecule is Cc1cc(N2CC(n3cc(C(=O)O)nn3)C2)ccc1C#N. The first-order valence-electron chi connectivity index (χ1n) is 6.49. The highest BCUT2D eigenvalue weighted by Gasteiger charge is 2.30. The van der Waals surface area contributed by atoms with Gasteiger partial charge in [0.05, 0.1) is 23.9 Å². The van der Waals surface area contributed by atoms with Gasteiger partial charge in [-0.1, -0.05) is 5.21 Å². The highest BCUT2D eigenvalue weighted by atomic mass is 16.4. The normalized spacial score (nSPS) is 14.6. The monoisotopic (exact) mass is 283 g/mol. The smallest absolute Gasteiger partial charge is 0.358 e. The third kappa shape index (κ3) is 2.31. The first-order chi connectivity index (χ1) is 10.1. The number of aromatic nitrogens is 3. The number of carboxylic acids is 1. The zero-order valence-corrected chi connectivity index (χ0v) is 11.4. The topological polar surface area (TPSA) is 95.0 Å². The molecule has 0 spiro atoms. The molecule has 0 bridgehead atoms. The molecule has 0 atom stereocenters. The molecule has 0 aliphatic carbocycles. The van der Waals surface area contributed by atoms with Gasteiger partial charge < -0.3 is 10.0 Å². The van der Waals surface area contributed by atoms with Gasteiger partial charge in [0, 0.05) is 18.8 Å². The van der Waals surface area contributed by atoms with Gasteiger partial charge in [-0.05, 0) is 30.7 Å². The fourth-order valence-electron chi connectivity index (χ4n) is 2.36. The summed E-state index contributed by atoms with van der Waals surface area (Å²) < 4.78 is 1.59. The first kappa shape index (κ1) is 13.1. The van der Waals surface area contributed by atoms with Gasteiger partial charge in [-0.2, -0.15) is 5.26 Å². The van der Waals surface area contributed by atoms with E-state index < -0.39 is 5.97 Å². The Hall–Kier alpha value is -2.88. The van der Waals surface area contributed by atoms with Gasteiger partial charge in [-0.25, -0.2) is 9.48 Å². The first-order valence-corrected chi connectivity index (χ1v) is 6.49. The fraction of sp³-hybridized carbons (Fsp3) is 0.286. The lowest BCUT2D eigenvalue weighted by Gasteiger charge is -2.40. The summed E-state index contributed by atoms with van der Waals surface area (Å²) in [5, 5.41) is 25.2. The van der Waals surface area contributed by atoms with Crippen LogP contribution < -0.4 is 4.90 Å². The zero-order chi connectivity index (χ0) is 15.0. The molecule has 7 nitrogen and oxygen atoms in total. The molecule has 3 rings (SSSR count). The lowest BCUT2D eigenvalue weighted by Crippen LogP contribution is -2.48. The summed E-state index contributed by atoms with van der Waals surface area (Å²) in [7, 11) is 0. The van der Waals surface area contributed by atoms with Crippen LogP contribution in [0.25, 0.3) is 0 Å². The second-order valence-corrected chi connectivity index (χ2v) is 5.06. The van der Waals surface area contributed by atoms with Crippen LogP contribution in [0.3, 0.4) is 0 Å². The lowest BCUT2D eigenvalue weighted by atomic mass is 10.0. The van der Waals surface area contributed by atoms with E-state index in [1.807, 2.05) is 25.1 Å². The van der Waals surface area contributed by atoms with Crippen LogP contribution >= 0.6 is 0 Å². The number of carbonyl (C=O) groups is 1. The average Bonchev–Trinajstić information content (AvgIpc) is 2.87. The highest BCUT2D eigenvalue weighted by molar-refractivity contribution is 5.84. The Bertz CT molecular complexity index is 740. The second kappa shape index (κ2) is 4.90. The van der Waals surface area contributed by atoms with Gasteiger partial charge >= 0.3 is 5.97 Å². The Labute approximate surface area is 121 Å². The van der Waals surface area contributed by atoms with Crippen molar-refractivity contribution in [1.29, 1.82) is 5.26 Å². The standard InChI is InChI=1S/C14H13N5O2/c1-9-4-11(3-2-10(9)5-15)18-6-12(7-18)19-8-13(14(20)21)16-17-19/h2-4,8,12H,6-7H2,1H3,(H,20,21). The lowest BCUT2D eigenvalue weighted by molar-refractivity contribution is 0.0690. The number of aromatic carboxylic acids is 1. The summed E-state index contributed by atoms with van der Waals surface area (Å²) in [6.45, 7) is 3.40. The van der Waals surface area contributed by atoms with Crippen molar-refractivity contribution in [1.82, 2.24) is 15.0 Å². The summed E-state index contributed by atoms with van der Waals surface area (Å²) in [5.41, 5.74) is 2.65. The van der Waals surface area contributed by atoms with E-state index in [1.54, 1.807) is 4.68 Å². The van der Waals surface area contributed by atoms with Crippen molar-refractivity contribution in [2.75, 3.05) is 18.0 Å². The Balaban J connectivity index is 1.69. The molecule has 0 amide bonds. The zero-order valence-electron chi connectivity index (χ0n) is 11.4. The Kier molecular flexibility index (Phi) is 3.06. The summed E-state index contributed by atoms with van der Waals surface area (Å²) >= 11 is 0. The van der Waals surface area contributed by atoms with Crippen molar-refractivity contribution in [3.8, 4) is 6.07 Å². The summed E-state index contributed by atoms with van der Waals surface area (Å²) in [6.07, 6.45) is 1.45. The van der Waals surface area contributed by atoms with Gasteiger partial charge in [-0.3, -0.25) is 0 Å². The van der Waals surface area contributed by atoms with Crippen molar-refractivity contribution in [2.24, 2.45) is 0 Å². The molecule has 0 saturated carbocycles. The second-order valence-electron chi connectivity index (χ2n) is 5.06. The van der Waals surface area contributed by atoms with Crippen molar-refractivity contribution in [2.45, 2.75) is 13.0 Å². The van der Waals surface area contributed by atoms with Crippen molar-refractivity contribution in [3.63, 3.8) is 0 Å². The van der Waals surface area contributed by atoms with Gasteiger partial charge in [0.2, 0.25) is 0 Å². The van der Waals surface area contributed by atoms with Crippen LogP contribution in [0.15, 0.2) is 24.4 Å². The number of benzene rings is 1. The maximum absolute atomic E-state index is 10.8. The van der Waals surface area contributed by atoms with E-state index in [0.717, 1.165) is 24.3 Å². The molecule has 1 saturated heterocycles. The molecule has 1 aliphatic heterocycles. The van der Waals surface area contributed by atoms with Crippen LogP contribution in [0.1, 0.15) is 27.7 Å². The molecule has 1 aliphatic rings. The van der Waals surface area contributed by atoms with Crippen LogP contribution in [0, 0.1) is 18.3 Å². The Morgan fingerprint density at radius 2 is 2.24 bits per heavy atom. The van der Waals surface area contributed by atoms with Crippen molar-refractivity contribution < 1.29 is 9.90 Å². The third-order valence-electron chi connectivity index (χ3n) is 3.66. The molecule has 7 heteroatoms. The number of nitrogens with zero attached hydrogens (tertiary/aromatic N) is 5. The molecule has 21 heavy (non-hydrogen) atoms. The molecular weight excluding hydrogens is 270 g/mol. The maximum Gasteiger partial charge on any atom is 0.358 e. The van der Waals surface area contributed by atoms with E-state index in [1.165, 1.54) is 6.20 Å². The number of hydrogen-bond acceptors (Lipinski definition) is 5. The molecule has 1 N–H and O–H groups in total.